The fraction of sp³-hybridized carbons (Fsp3) is 0.529. The number of hydrogen-bond acceptors (Lipinski definition) is 5. The summed E-state index contributed by atoms with van der Waals surface area (Å²) in [6, 6.07) is 8.28. The summed E-state index contributed by atoms with van der Waals surface area (Å²) in [5.41, 5.74) is 0. The predicted octanol–water partition coefficient (Wildman–Crippen LogP) is -0.365. The Labute approximate surface area is 154 Å². The first-order valence-electron chi connectivity index (χ1n) is 8.69. The molecule has 1 heterocycles. The maximum atomic E-state index is 12.6. The van der Waals surface area contributed by atoms with Crippen LogP contribution >= 0.6 is 0 Å². The van der Waals surface area contributed by atoms with Crippen molar-refractivity contribution in [1.29, 1.82) is 0 Å². The van der Waals surface area contributed by atoms with Gasteiger partial charge in [0.25, 0.3) is 0 Å². The van der Waals surface area contributed by atoms with Crippen LogP contribution in [0.25, 0.3) is 0 Å². The lowest BCUT2D eigenvalue weighted by Crippen LogP contribution is -2.50. The molecular weight excluding hydrogens is 356 g/mol. The van der Waals surface area contributed by atoms with Gasteiger partial charge in [0.15, 0.2) is 0 Å². The molecule has 0 atom stereocenters. The summed E-state index contributed by atoms with van der Waals surface area (Å²) in [5.74, 6) is -0.274. The molecule has 0 saturated carbocycles. The first kappa shape index (κ1) is 20.3. The normalized spacial score (nSPS) is 15.7. The van der Waals surface area contributed by atoms with Crippen LogP contribution in [0.2, 0.25) is 0 Å². The van der Waals surface area contributed by atoms with E-state index in [1.165, 1.54) is 4.31 Å². The van der Waals surface area contributed by atoms with Gasteiger partial charge in [-0.1, -0.05) is 18.2 Å². The highest BCUT2D eigenvalue weighted by atomic mass is 32.2. The minimum absolute atomic E-state index is 0.120. The molecule has 1 fully saturated rings. The van der Waals surface area contributed by atoms with E-state index in [0.29, 0.717) is 26.2 Å². The van der Waals surface area contributed by atoms with Crippen molar-refractivity contribution in [2.45, 2.75) is 17.7 Å². The van der Waals surface area contributed by atoms with Gasteiger partial charge in [-0.25, -0.2) is 8.42 Å². The average Bonchev–Trinajstić information content (AvgIpc) is 2.67. The Balaban J connectivity index is 1.79. The van der Waals surface area contributed by atoms with Crippen LogP contribution < -0.4 is 10.6 Å². The van der Waals surface area contributed by atoms with Crippen LogP contribution in [0.15, 0.2) is 35.2 Å². The summed E-state index contributed by atoms with van der Waals surface area (Å²) in [6.45, 7) is 2.41. The second-order valence-electron chi connectivity index (χ2n) is 6.05. The van der Waals surface area contributed by atoms with Crippen molar-refractivity contribution >= 4 is 21.8 Å². The van der Waals surface area contributed by atoms with Crippen LogP contribution in [0.4, 0.5) is 0 Å². The van der Waals surface area contributed by atoms with Crippen LogP contribution in [-0.4, -0.2) is 75.8 Å². The summed E-state index contributed by atoms with van der Waals surface area (Å²) < 4.78 is 26.5. The zero-order valence-electron chi connectivity index (χ0n) is 15.0. The summed E-state index contributed by atoms with van der Waals surface area (Å²) in [5, 5.41) is 5.65. The number of nitrogens with one attached hydrogen (secondary N) is 2. The van der Waals surface area contributed by atoms with Crippen LogP contribution in [0.3, 0.4) is 0 Å². The van der Waals surface area contributed by atoms with E-state index in [0.717, 1.165) is 0 Å². The molecule has 1 aliphatic rings. The lowest BCUT2D eigenvalue weighted by atomic mass is 10.2. The summed E-state index contributed by atoms with van der Waals surface area (Å²) in [7, 11) is -1.73. The molecule has 0 bridgehead atoms. The molecule has 0 radical (unpaired) electrons. The van der Waals surface area contributed by atoms with Gasteiger partial charge in [-0.2, -0.15) is 4.31 Å². The van der Waals surface area contributed by atoms with Gasteiger partial charge in [0.2, 0.25) is 21.8 Å². The zero-order valence-corrected chi connectivity index (χ0v) is 15.8. The molecule has 2 rings (SSSR count). The van der Waals surface area contributed by atoms with Crippen LogP contribution in [0.1, 0.15) is 12.8 Å². The largest absolute Gasteiger partial charge is 0.355 e. The number of hydrogen-bond donors (Lipinski definition) is 2. The van der Waals surface area contributed by atoms with Crippen molar-refractivity contribution in [1.82, 2.24) is 19.8 Å². The minimum atomic E-state index is -3.52. The van der Waals surface area contributed by atoms with Crippen molar-refractivity contribution in [2.24, 2.45) is 0 Å². The maximum absolute atomic E-state index is 12.6. The van der Waals surface area contributed by atoms with Gasteiger partial charge in [-0.3, -0.25) is 9.59 Å². The highest BCUT2D eigenvalue weighted by molar-refractivity contribution is 7.89. The highest BCUT2D eigenvalue weighted by Crippen LogP contribution is 2.17. The van der Waals surface area contributed by atoms with Crippen LogP contribution in [-0.2, 0) is 19.6 Å². The fourth-order valence-electron chi connectivity index (χ4n) is 2.71. The average molecular weight is 382 g/mol. The molecule has 1 saturated heterocycles. The third-order valence-corrected chi connectivity index (χ3v) is 6.15. The number of carbonyl (C=O) groups is 2. The van der Waals surface area contributed by atoms with E-state index in [1.807, 2.05) is 0 Å². The van der Waals surface area contributed by atoms with E-state index in [2.05, 4.69) is 10.6 Å². The van der Waals surface area contributed by atoms with E-state index in [1.54, 1.807) is 42.3 Å². The van der Waals surface area contributed by atoms with Crippen molar-refractivity contribution < 1.29 is 18.0 Å². The highest BCUT2D eigenvalue weighted by Gasteiger charge is 2.29. The van der Waals surface area contributed by atoms with E-state index in [4.69, 9.17) is 0 Å². The van der Waals surface area contributed by atoms with Crippen molar-refractivity contribution in [3.63, 3.8) is 0 Å². The van der Waals surface area contributed by atoms with E-state index >= 15 is 0 Å². The first-order chi connectivity index (χ1) is 12.4. The molecule has 1 aromatic rings. The molecular formula is C17H26N4O4S. The quantitative estimate of drug-likeness (QED) is 0.598. The number of piperazine rings is 1. The Bertz CT molecular complexity index is 701. The van der Waals surface area contributed by atoms with Crippen molar-refractivity contribution in [3.8, 4) is 0 Å². The Kier molecular flexibility index (Phi) is 7.55. The molecule has 2 amide bonds. The number of sulfonamides is 1. The molecule has 0 spiro atoms. The van der Waals surface area contributed by atoms with Crippen molar-refractivity contribution in [2.75, 3.05) is 46.3 Å². The Morgan fingerprint density at radius 3 is 2.27 bits per heavy atom. The Morgan fingerprint density at radius 1 is 1.00 bits per heavy atom. The summed E-state index contributed by atoms with van der Waals surface area (Å²) >= 11 is 0. The minimum Gasteiger partial charge on any atom is -0.355 e. The Hall–Kier alpha value is -1.97. The van der Waals surface area contributed by atoms with Gasteiger partial charge in [-0.05, 0) is 19.2 Å². The first-order valence-corrected chi connectivity index (χ1v) is 10.1. The standard InChI is InChI=1S/C17H26N4O4S/c1-18-9-10-19-16(22)7-8-17(23)20-11-13-21(14-12-20)26(24,25)15-5-3-2-4-6-15/h2-6,18H,7-14H2,1H3,(H,19,22). The summed E-state index contributed by atoms with van der Waals surface area (Å²) in [6.07, 6.45) is 0.280. The Morgan fingerprint density at radius 2 is 1.65 bits per heavy atom. The SMILES string of the molecule is CNCCNC(=O)CCC(=O)N1CCN(S(=O)(=O)c2ccccc2)CC1. The number of rotatable bonds is 8. The van der Waals surface area contributed by atoms with E-state index < -0.39 is 10.0 Å². The van der Waals surface area contributed by atoms with Crippen LogP contribution in [0, 0.1) is 0 Å². The maximum Gasteiger partial charge on any atom is 0.243 e. The van der Waals surface area contributed by atoms with Gasteiger partial charge < -0.3 is 15.5 Å². The molecule has 0 aromatic heterocycles. The van der Waals surface area contributed by atoms with Crippen molar-refractivity contribution in [3.05, 3.63) is 30.3 Å². The molecule has 2 N–H and O–H groups in total. The topological polar surface area (TPSA) is 98.8 Å². The number of carbonyl (C=O) groups excluding carboxylic acids is 2. The summed E-state index contributed by atoms with van der Waals surface area (Å²) in [4.78, 5) is 25.8. The zero-order chi connectivity index (χ0) is 19.0. The molecule has 26 heavy (non-hydrogen) atoms. The second-order valence-corrected chi connectivity index (χ2v) is 7.99. The number of likely N-dealkylation sites (N-methyl/N-ethyl adjacent to an activating group) is 1. The lowest BCUT2D eigenvalue weighted by molar-refractivity contribution is -0.134. The van der Waals surface area contributed by atoms with Gasteiger partial charge in [0, 0.05) is 52.1 Å². The van der Waals surface area contributed by atoms with Gasteiger partial charge >= 0.3 is 0 Å². The van der Waals surface area contributed by atoms with Gasteiger partial charge in [0.1, 0.15) is 0 Å². The number of amides is 2. The number of benzene rings is 1. The third kappa shape index (κ3) is 5.52. The molecule has 9 heteroatoms. The third-order valence-electron chi connectivity index (χ3n) is 4.24. The molecule has 1 aliphatic heterocycles. The lowest BCUT2D eigenvalue weighted by Gasteiger charge is -2.34. The van der Waals surface area contributed by atoms with Crippen LogP contribution in [0.5, 0.6) is 0 Å². The van der Waals surface area contributed by atoms with E-state index in [-0.39, 0.29) is 42.6 Å². The second kappa shape index (κ2) is 9.65. The molecule has 1 aromatic carbocycles. The van der Waals surface area contributed by atoms with Gasteiger partial charge in [-0.15, -0.1) is 0 Å². The van der Waals surface area contributed by atoms with Gasteiger partial charge in [0.05, 0.1) is 4.90 Å². The fourth-order valence-corrected chi connectivity index (χ4v) is 4.16. The smallest absolute Gasteiger partial charge is 0.243 e. The monoisotopic (exact) mass is 382 g/mol. The molecule has 144 valence electrons. The number of nitrogens with zero attached hydrogens (tertiary/aromatic N) is 2. The molecule has 0 aliphatic carbocycles. The molecule has 8 nitrogen and oxygen atoms in total. The molecule has 0 unspecified atom stereocenters. The predicted molar refractivity (Wildman–Crippen MR) is 98.0 cm³/mol. The van der Waals surface area contributed by atoms with E-state index in [9.17, 15) is 18.0 Å².